The Morgan fingerprint density at radius 3 is 2.75 bits per heavy atom. The van der Waals surface area contributed by atoms with Crippen LogP contribution in [0.4, 0.5) is 0 Å². The van der Waals surface area contributed by atoms with Crippen LogP contribution in [0.3, 0.4) is 0 Å². The molecule has 2 aromatic carbocycles. The molecule has 20 heavy (non-hydrogen) atoms. The van der Waals surface area contributed by atoms with Gasteiger partial charge in [-0.2, -0.15) is 5.26 Å². The number of nitrogens with one attached hydrogen (secondary N) is 1. The molecule has 0 fully saturated rings. The van der Waals surface area contributed by atoms with Crippen molar-refractivity contribution < 1.29 is 4.74 Å². The average Bonchev–Trinajstić information content (AvgIpc) is 2.47. The first-order chi connectivity index (χ1) is 9.74. The molecule has 102 valence electrons. The zero-order valence-corrected chi connectivity index (χ0v) is 11.9. The molecule has 1 N–H and O–H groups in total. The lowest BCUT2D eigenvalue weighted by atomic mass is 10.1. The third-order valence-corrected chi connectivity index (χ3v) is 3.15. The van der Waals surface area contributed by atoms with Gasteiger partial charge < -0.3 is 10.1 Å². The van der Waals surface area contributed by atoms with E-state index in [2.05, 4.69) is 11.4 Å². The first kappa shape index (κ1) is 14.4. The maximum Gasteiger partial charge on any atom is 0.124 e. The van der Waals surface area contributed by atoms with Crippen molar-refractivity contribution in [2.24, 2.45) is 0 Å². The molecule has 0 amide bonds. The van der Waals surface area contributed by atoms with Gasteiger partial charge in [0.15, 0.2) is 0 Å². The van der Waals surface area contributed by atoms with E-state index in [-0.39, 0.29) is 0 Å². The van der Waals surface area contributed by atoms with Crippen molar-refractivity contribution in [1.29, 1.82) is 5.26 Å². The van der Waals surface area contributed by atoms with Gasteiger partial charge in [0.1, 0.15) is 12.4 Å². The summed E-state index contributed by atoms with van der Waals surface area (Å²) >= 11 is 5.99. The molecule has 2 aromatic rings. The van der Waals surface area contributed by atoms with Gasteiger partial charge in [-0.25, -0.2) is 0 Å². The highest BCUT2D eigenvalue weighted by Gasteiger charge is 2.06. The van der Waals surface area contributed by atoms with Crippen molar-refractivity contribution in [3.8, 4) is 11.8 Å². The molecule has 0 aromatic heterocycles. The quantitative estimate of drug-likeness (QED) is 0.915. The summed E-state index contributed by atoms with van der Waals surface area (Å²) in [6, 6.07) is 15.1. The van der Waals surface area contributed by atoms with Crippen LogP contribution >= 0.6 is 11.6 Å². The third kappa shape index (κ3) is 3.51. The van der Waals surface area contributed by atoms with Crippen molar-refractivity contribution in [1.82, 2.24) is 5.32 Å². The summed E-state index contributed by atoms with van der Waals surface area (Å²) in [5, 5.41) is 12.8. The van der Waals surface area contributed by atoms with Crippen LogP contribution in [0.5, 0.6) is 5.75 Å². The van der Waals surface area contributed by atoms with E-state index in [0.29, 0.717) is 23.7 Å². The van der Waals surface area contributed by atoms with Crippen molar-refractivity contribution in [3.63, 3.8) is 0 Å². The van der Waals surface area contributed by atoms with Gasteiger partial charge in [0.05, 0.1) is 11.6 Å². The van der Waals surface area contributed by atoms with E-state index >= 15 is 0 Å². The molecule has 0 saturated heterocycles. The third-order valence-electron chi connectivity index (χ3n) is 2.91. The molecular weight excluding hydrogens is 272 g/mol. The monoisotopic (exact) mass is 286 g/mol. The molecule has 0 heterocycles. The maximum atomic E-state index is 9.06. The Morgan fingerprint density at radius 2 is 2.00 bits per heavy atom. The summed E-state index contributed by atoms with van der Waals surface area (Å²) in [6.07, 6.45) is 0. The number of ether oxygens (including phenoxy) is 1. The van der Waals surface area contributed by atoms with Crippen LogP contribution in [0.25, 0.3) is 0 Å². The molecule has 0 aliphatic heterocycles. The number of benzene rings is 2. The largest absolute Gasteiger partial charge is 0.489 e. The second-order valence-electron chi connectivity index (χ2n) is 4.34. The van der Waals surface area contributed by atoms with Crippen LogP contribution in [-0.2, 0) is 13.2 Å². The van der Waals surface area contributed by atoms with E-state index < -0.39 is 0 Å². The number of hydrogen-bond donors (Lipinski definition) is 1. The van der Waals surface area contributed by atoms with Gasteiger partial charge in [0.25, 0.3) is 0 Å². The van der Waals surface area contributed by atoms with Gasteiger partial charge in [-0.15, -0.1) is 0 Å². The fraction of sp³-hybridized carbons (Fsp3) is 0.188. The van der Waals surface area contributed by atoms with Crippen LogP contribution in [0.2, 0.25) is 5.02 Å². The molecule has 0 aliphatic rings. The van der Waals surface area contributed by atoms with E-state index in [1.165, 1.54) is 0 Å². The summed E-state index contributed by atoms with van der Waals surface area (Å²) in [7, 11) is 1.87. The Labute approximate surface area is 123 Å². The van der Waals surface area contributed by atoms with Crippen molar-refractivity contribution >= 4 is 11.6 Å². The molecule has 0 aliphatic carbocycles. The van der Waals surface area contributed by atoms with Gasteiger partial charge in [0, 0.05) is 22.7 Å². The summed E-state index contributed by atoms with van der Waals surface area (Å²) < 4.78 is 5.82. The Kier molecular flexibility index (Phi) is 5.00. The van der Waals surface area contributed by atoms with Crippen LogP contribution in [0.1, 0.15) is 16.7 Å². The molecule has 3 nitrogen and oxygen atoms in total. The van der Waals surface area contributed by atoms with E-state index in [9.17, 15) is 0 Å². The molecule has 0 atom stereocenters. The lowest BCUT2D eigenvalue weighted by Crippen LogP contribution is -2.08. The molecule has 0 unspecified atom stereocenters. The van der Waals surface area contributed by atoms with Gasteiger partial charge in [-0.1, -0.05) is 29.8 Å². The summed E-state index contributed by atoms with van der Waals surface area (Å²) in [4.78, 5) is 0. The number of nitrogens with zero attached hydrogens (tertiary/aromatic N) is 1. The number of hydrogen-bond acceptors (Lipinski definition) is 3. The second-order valence-corrected chi connectivity index (χ2v) is 4.78. The fourth-order valence-electron chi connectivity index (χ4n) is 1.93. The average molecular weight is 287 g/mol. The summed E-state index contributed by atoms with van der Waals surface area (Å²) in [5.74, 6) is 0.775. The predicted octanol–water partition coefficient (Wildman–Crippen LogP) is 3.51. The fourth-order valence-corrected chi connectivity index (χ4v) is 2.12. The Bertz CT molecular complexity index is 635. The molecule has 0 spiro atoms. The lowest BCUT2D eigenvalue weighted by molar-refractivity contribution is 0.302. The SMILES string of the molecule is CNCc1cc(Cl)ccc1OCc1ccccc1C#N. The minimum atomic E-state index is 0.363. The molecular formula is C16H15ClN2O. The molecule has 2 rings (SSSR count). The first-order valence-electron chi connectivity index (χ1n) is 6.28. The normalized spacial score (nSPS) is 10.1. The van der Waals surface area contributed by atoms with E-state index in [4.69, 9.17) is 21.6 Å². The number of rotatable bonds is 5. The van der Waals surface area contributed by atoms with Gasteiger partial charge in [-0.3, -0.25) is 0 Å². The Morgan fingerprint density at radius 1 is 1.20 bits per heavy atom. The van der Waals surface area contributed by atoms with Crippen LogP contribution in [-0.4, -0.2) is 7.05 Å². The summed E-state index contributed by atoms with van der Waals surface area (Å²) in [6.45, 7) is 1.04. The molecule has 0 saturated carbocycles. The van der Waals surface area contributed by atoms with Crippen molar-refractivity contribution in [2.45, 2.75) is 13.2 Å². The number of halogens is 1. The standard InChI is InChI=1S/C16H15ClN2O/c1-19-10-14-8-15(17)6-7-16(14)20-11-13-5-3-2-4-12(13)9-18/h2-8,19H,10-11H2,1H3. The van der Waals surface area contributed by atoms with E-state index in [1.807, 2.05) is 37.4 Å². The maximum absolute atomic E-state index is 9.06. The van der Waals surface area contributed by atoms with E-state index in [0.717, 1.165) is 16.9 Å². The van der Waals surface area contributed by atoms with Gasteiger partial charge in [-0.05, 0) is 31.3 Å². The zero-order valence-electron chi connectivity index (χ0n) is 11.2. The topological polar surface area (TPSA) is 45.0 Å². The second kappa shape index (κ2) is 6.95. The van der Waals surface area contributed by atoms with E-state index in [1.54, 1.807) is 12.1 Å². The number of nitriles is 1. The highest BCUT2D eigenvalue weighted by Crippen LogP contribution is 2.24. The smallest absolute Gasteiger partial charge is 0.124 e. The zero-order chi connectivity index (χ0) is 14.4. The molecule has 0 bridgehead atoms. The summed E-state index contributed by atoms with van der Waals surface area (Å²) in [5.41, 5.74) is 2.51. The highest BCUT2D eigenvalue weighted by molar-refractivity contribution is 6.30. The van der Waals surface area contributed by atoms with Crippen LogP contribution in [0, 0.1) is 11.3 Å². The van der Waals surface area contributed by atoms with Gasteiger partial charge >= 0.3 is 0 Å². The van der Waals surface area contributed by atoms with Crippen LogP contribution < -0.4 is 10.1 Å². The minimum absolute atomic E-state index is 0.363. The lowest BCUT2D eigenvalue weighted by Gasteiger charge is -2.12. The van der Waals surface area contributed by atoms with Gasteiger partial charge in [0.2, 0.25) is 0 Å². The predicted molar refractivity (Wildman–Crippen MR) is 79.7 cm³/mol. The van der Waals surface area contributed by atoms with Crippen molar-refractivity contribution in [3.05, 3.63) is 64.2 Å². The van der Waals surface area contributed by atoms with Crippen LogP contribution in [0.15, 0.2) is 42.5 Å². The Hall–Kier alpha value is -2.02. The Balaban J connectivity index is 2.17. The minimum Gasteiger partial charge on any atom is -0.489 e. The highest BCUT2D eigenvalue weighted by atomic mass is 35.5. The first-order valence-corrected chi connectivity index (χ1v) is 6.66. The molecule has 0 radical (unpaired) electrons. The van der Waals surface area contributed by atoms with Crippen molar-refractivity contribution in [2.75, 3.05) is 7.05 Å². The molecule has 4 heteroatoms.